The first-order valence-corrected chi connectivity index (χ1v) is 19.5. The molecule has 2 bridgehead atoms. The van der Waals surface area contributed by atoms with Crippen LogP contribution in [0.4, 0.5) is 0 Å². The molecule has 262 valence electrons. The lowest BCUT2D eigenvalue weighted by molar-refractivity contribution is -0.176. The molecule has 51 heavy (non-hydrogen) atoms. The molecule has 1 aliphatic heterocycles. The number of carbonyl (C=O) groups excluding carboxylic acids is 1. The first-order valence-electron chi connectivity index (χ1n) is 19.5. The van der Waals surface area contributed by atoms with E-state index < -0.39 is 11.0 Å². The Bertz CT molecular complexity index is 2130. The number of ketones is 1. The number of hydrogen-bond acceptors (Lipinski definition) is 4. The summed E-state index contributed by atoms with van der Waals surface area (Å²) in [7, 11) is 0. The van der Waals surface area contributed by atoms with E-state index in [9.17, 15) is 10.2 Å². The monoisotopic (exact) mass is 678 g/mol. The molecular weight excluding hydrogens is 629 g/mol. The van der Waals surface area contributed by atoms with Gasteiger partial charge in [-0.1, -0.05) is 105 Å². The van der Waals surface area contributed by atoms with Gasteiger partial charge in [-0.25, -0.2) is 0 Å². The van der Waals surface area contributed by atoms with Crippen molar-refractivity contribution in [2.45, 2.75) is 83.5 Å². The van der Waals surface area contributed by atoms with Crippen LogP contribution in [-0.4, -0.2) is 50.7 Å². The predicted octanol–water partition coefficient (Wildman–Crippen LogP) is 8.67. The number of Topliss-reactive ketones (excluding diaryl/α,β-unsaturated/α-hetero) is 1. The lowest BCUT2D eigenvalue weighted by atomic mass is 9.32. The van der Waals surface area contributed by atoms with Crippen LogP contribution in [0, 0.1) is 33.5 Å². The molecule has 8 atom stereocenters. The van der Waals surface area contributed by atoms with Crippen LogP contribution in [0.3, 0.4) is 0 Å². The topological polar surface area (TPSA) is 76.6 Å². The molecule has 0 radical (unpaired) electrons. The number of rotatable bonds is 5. The molecule has 1 aromatic heterocycles. The van der Waals surface area contributed by atoms with Crippen LogP contribution in [0.5, 0.6) is 0 Å². The fraction of sp³-hybridized carbons (Fsp3) is 0.457. The van der Waals surface area contributed by atoms with Crippen molar-refractivity contribution in [2.24, 2.45) is 33.5 Å². The van der Waals surface area contributed by atoms with Gasteiger partial charge in [0.15, 0.2) is 5.78 Å². The number of carbonyl (C=O) groups is 1. The molecule has 11 rings (SSSR count). The third kappa shape index (κ3) is 4.17. The maximum absolute atomic E-state index is 15.4. The van der Waals surface area contributed by atoms with Crippen LogP contribution in [-0.2, 0) is 13.0 Å². The Morgan fingerprint density at radius 1 is 0.863 bits per heavy atom. The predicted molar refractivity (Wildman–Crippen MR) is 202 cm³/mol. The number of fused-ring (bicyclic) bond motifs is 4. The second-order valence-electron chi connectivity index (χ2n) is 17.6. The molecule has 2 spiro atoms. The lowest BCUT2D eigenvalue weighted by Gasteiger charge is -2.71. The minimum atomic E-state index is -0.861. The molecule has 6 aliphatic carbocycles. The Balaban J connectivity index is 1.06. The summed E-state index contributed by atoms with van der Waals surface area (Å²) in [5.41, 5.74) is 5.52. The van der Waals surface area contributed by atoms with Gasteiger partial charge >= 0.3 is 0 Å². The summed E-state index contributed by atoms with van der Waals surface area (Å²) in [4.78, 5) is 21.6. The number of aromatic amines is 1. The summed E-state index contributed by atoms with van der Waals surface area (Å²) in [5.74, 6) is 0.534. The average molecular weight is 679 g/mol. The summed E-state index contributed by atoms with van der Waals surface area (Å²) in [5, 5.41) is 25.5. The molecule has 2 heterocycles. The summed E-state index contributed by atoms with van der Waals surface area (Å²) in [6.45, 7) is 7.24. The van der Waals surface area contributed by atoms with E-state index in [1.54, 1.807) is 0 Å². The number of H-pyrrole nitrogens is 1. The van der Waals surface area contributed by atoms with Gasteiger partial charge in [0.2, 0.25) is 0 Å². The van der Waals surface area contributed by atoms with E-state index in [0.29, 0.717) is 13.0 Å². The number of aliphatic hydroxyl groups excluding tert-OH is 1. The van der Waals surface area contributed by atoms with Crippen molar-refractivity contribution in [1.29, 1.82) is 0 Å². The fourth-order valence-corrected chi connectivity index (χ4v) is 13.0. The molecule has 4 aromatic rings. The zero-order valence-electron chi connectivity index (χ0n) is 30.0. The van der Waals surface area contributed by atoms with Crippen LogP contribution in [0.1, 0.15) is 80.4 Å². The van der Waals surface area contributed by atoms with Gasteiger partial charge in [-0.2, -0.15) is 0 Å². The smallest absolute Gasteiger partial charge is 0.190 e. The molecule has 3 N–H and O–H groups in total. The molecule has 3 fully saturated rings. The average Bonchev–Trinajstić information content (AvgIpc) is 3.65. The van der Waals surface area contributed by atoms with Gasteiger partial charge in [-0.05, 0) is 91.4 Å². The van der Waals surface area contributed by atoms with Crippen molar-refractivity contribution in [3.05, 3.63) is 119 Å². The van der Waals surface area contributed by atoms with E-state index in [-0.39, 0.29) is 40.0 Å². The van der Waals surface area contributed by atoms with Crippen LogP contribution in [0.25, 0.3) is 22.0 Å². The van der Waals surface area contributed by atoms with E-state index in [1.807, 2.05) is 36.4 Å². The van der Waals surface area contributed by atoms with E-state index in [2.05, 4.69) is 84.4 Å². The number of para-hydroxylation sites is 1. The third-order valence-corrected chi connectivity index (χ3v) is 15.7. The SMILES string of the molecule is C[C@]12CC[C@H]3[C@]4(C=C[C@@]5(C=C4C(=O)c4ccccc4-c4ccccc4)CC(O)CC[C@]35C)[C@@H]1CC[C@@]2(O)CN1CCc2c([nH]c3ccccc23)C1. The van der Waals surface area contributed by atoms with Crippen LogP contribution >= 0.6 is 0 Å². The Morgan fingerprint density at radius 2 is 1.59 bits per heavy atom. The van der Waals surface area contributed by atoms with Crippen molar-refractivity contribution >= 4 is 16.7 Å². The van der Waals surface area contributed by atoms with Gasteiger partial charge in [0.05, 0.1) is 11.7 Å². The number of benzene rings is 3. The summed E-state index contributed by atoms with van der Waals surface area (Å²) in [6.07, 6.45) is 13.8. The van der Waals surface area contributed by atoms with Crippen LogP contribution in [0.15, 0.2) is 103 Å². The van der Waals surface area contributed by atoms with Crippen molar-refractivity contribution in [1.82, 2.24) is 9.88 Å². The highest BCUT2D eigenvalue weighted by atomic mass is 16.3. The van der Waals surface area contributed by atoms with Crippen LogP contribution in [0.2, 0.25) is 0 Å². The van der Waals surface area contributed by atoms with Gasteiger partial charge < -0.3 is 15.2 Å². The zero-order valence-corrected chi connectivity index (χ0v) is 30.0. The Morgan fingerprint density at radius 3 is 2.45 bits per heavy atom. The number of nitrogens with zero attached hydrogens (tertiary/aromatic N) is 1. The molecule has 1 unspecified atom stereocenters. The van der Waals surface area contributed by atoms with Crippen molar-refractivity contribution in [2.75, 3.05) is 13.1 Å². The quantitative estimate of drug-likeness (QED) is 0.146. The zero-order chi connectivity index (χ0) is 34.8. The van der Waals surface area contributed by atoms with Gasteiger partial charge in [0.25, 0.3) is 0 Å². The van der Waals surface area contributed by atoms with E-state index in [1.165, 1.54) is 22.2 Å². The Kier molecular flexibility index (Phi) is 6.81. The molecule has 5 heteroatoms. The van der Waals surface area contributed by atoms with Gasteiger partial charge in [0, 0.05) is 63.6 Å². The maximum Gasteiger partial charge on any atom is 0.190 e. The maximum atomic E-state index is 15.4. The van der Waals surface area contributed by atoms with E-state index in [0.717, 1.165) is 80.3 Å². The van der Waals surface area contributed by atoms with E-state index in [4.69, 9.17) is 0 Å². The Hall–Kier alpha value is -3.77. The summed E-state index contributed by atoms with van der Waals surface area (Å²) >= 11 is 0. The molecule has 5 nitrogen and oxygen atoms in total. The molecular formula is C46H50N2O3. The minimum absolute atomic E-state index is 0.0510. The minimum Gasteiger partial charge on any atom is -0.393 e. The first kappa shape index (κ1) is 31.9. The third-order valence-electron chi connectivity index (χ3n) is 15.7. The van der Waals surface area contributed by atoms with Crippen molar-refractivity contribution in [3.63, 3.8) is 0 Å². The summed E-state index contributed by atoms with van der Waals surface area (Å²) < 4.78 is 0. The molecule has 3 aromatic carbocycles. The number of hydrogen-bond donors (Lipinski definition) is 3. The molecule has 0 saturated heterocycles. The van der Waals surface area contributed by atoms with Crippen molar-refractivity contribution < 1.29 is 15.0 Å². The van der Waals surface area contributed by atoms with Crippen LogP contribution < -0.4 is 0 Å². The first-order chi connectivity index (χ1) is 24.6. The highest BCUT2D eigenvalue weighted by Crippen LogP contribution is 2.78. The van der Waals surface area contributed by atoms with Crippen molar-refractivity contribution in [3.8, 4) is 11.1 Å². The largest absolute Gasteiger partial charge is 0.393 e. The lowest BCUT2D eigenvalue weighted by Crippen LogP contribution is -2.67. The van der Waals surface area contributed by atoms with E-state index >= 15 is 4.79 Å². The fourth-order valence-electron chi connectivity index (χ4n) is 13.0. The highest BCUT2D eigenvalue weighted by molar-refractivity contribution is 6.14. The number of β-amino-alcohol motifs (C(OH)–C–C–N with tert-alkyl or cyclic N) is 1. The normalized spacial score (nSPS) is 38.1. The van der Waals surface area contributed by atoms with Gasteiger partial charge in [0.1, 0.15) is 0 Å². The number of allylic oxidation sites excluding steroid dienone is 4. The van der Waals surface area contributed by atoms with Gasteiger partial charge in [-0.3, -0.25) is 9.69 Å². The number of aromatic nitrogens is 1. The second kappa shape index (κ2) is 10.9. The molecule has 7 aliphatic rings. The van der Waals surface area contributed by atoms with Gasteiger partial charge in [-0.15, -0.1) is 0 Å². The molecule has 3 saturated carbocycles. The second-order valence-corrected chi connectivity index (χ2v) is 17.6. The summed E-state index contributed by atoms with van der Waals surface area (Å²) in [6, 6.07) is 27.0. The Labute approximate surface area is 301 Å². The molecule has 0 amide bonds. The highest BCUT2D eigenvalue weighted by Gasteiger charge is 2.74. The number of nitrogens with one attached hydrogen (secondary N) is 1. The number of aliphatic hydroxyl groups is 2. The standard InChI is InChI=1S/C46H50N2O3/c1-42-20-16-31(49)26-44(42)23-24-46(36(27-44)41(50)35-14-7-6-12-32(35)30-10-4-3-5-11-30)39(42)17-21-43(2)40(46)18-22-45(43,51)29-48-25-19-34-33-13-8-9-15-37(33)47-38(34)28-48/h3-15,23-24,27,31,39-40,47,49,51H,16-22,25-26,28-29H2,1-2H3/t31?,39-,40-,42-,43+,44+,45-,46-/m1/s1.